The minimum absolute atomic E-state index is 0.184. The molecule has 10 heteroatoms. The lowest BCUT2D eigenvalue weighted by Gasteiger charge is -2.36. The quantitative estimate of drug-likeness (QED) is 0.408. The first-order valence-corrected chi connectivity index (χ1v) is 11.3. The van der Waals surface area contributed by atoms with E-state index in [1.54, 1.807) is 23.7 Å². The SMILES string of the molecule is O=C(/C=C/c1ccccc1N1CCN(S(=O)(=O)c2ccc3c(c2)OCCO3)CC1)NO. The Morgan fingerprint density at radius 1 is 1.00 bits per heavy atom. The van der Waals surface area contributed by atoms with Crippen molar-refractivity contribution in [2.45, 2.75) is 4.90 Å². The monoisotopic (exact) mass is 445 g/mol. The van der Waals surface area contributed by atoms with Crippen LogP contribution < -0.4 is 19.9 Å². The van der Waals surface area contributed by atoms with Crippen molar-refractivity contribution in [3.8, 4) is 11.5 Å². The van der Waals surface area contributed by atoms with Crippen molar-refractivity contribution in [1.29, 1.82) is 0 Å². The Hall–Kier alpha value is -3.08. The average molecular weight is 445 g/mol. The van der Waals surface area contributed by atoms with E-state index in [-0.39, 0.29) is 4.90 Å². The summed E-state index contributed by atoms with van der Waals surface area (Å²) in [6.45, 7) is 2.49. The zero-order chi connectivity index (χ0) is 21.8. The number of carbonyl (C=O) groups is 1. The van der Waals surface area contributed by atoms with Crippen LogP contribution >= 0.6 is 0 Å². The van der Waals surface area contributed by atoms with Gasteiger partial charge < -0.3 is 14.4 Å². The van der Waals surface area contributed by atoms with Crippen LogP contribution in [0.25, 0.3) is 6.08 Å². The molecule has 2 heterocycles. The highest BCUT2D eigenvalue weighted by Crippen LogP contribution is 2.33. The fourth-order valence-electron chi connectivity index (χ4n) is 3.62. The molecule has 2 aromatic carbocycles. The van der Waals surface area contributed by atoms with Crippen molar-refractivity contribution in [3.05, 3.63) is 54.1 Å². The number of rotatable bonds is 5. The first-order chi connectivity index (χ1) is 15.0. The van der Waals surface area contributed by atoms with E-state index in [0.717, 1.165) is 11.3 Å². The Labute approximate surface area is 180 Å². The van der Waals surface area contributed by atoms with Gasteiger partial charge in [0.15, 0.2) is 11.5 Å². The third-order valence-corrected chi connectivity index (χ3v) is 7.09. The molecule has 31 heavy (non-hydrogen) atoms. The smallest absolute Gasteiger partial charge is 0.267 e. The van der Waals surface area contributed by atoms with Crippen molar-refractivity contribution in [2.24, 2.45) is 0 Å². The Morgan fingerprint density at radius 3 is 2.45 bits per heavy atom. The Kier molecular flexibility index (Phi) is 6.12. The molecule has 164 valence electrons. The third kappa shape index (κ3) is 4.50. The minimum Gasteiger partial charge on any atom is -0.486 e. The molecule has 1 fully saturated rings. The number of benzene rings is 2. The highest BCUT2D eigenvalue weighted by Gasteiger charge is 2.30. The van der Waals surface area contributed by atoms with E-state index in [2.05, 4.69) is 4.90 Å². The minimum atomic E-state index is -3.66. The van der Waals surface area contributed by atoms with Crippen LogP contribution in [0.1, 0.15) is 5.56 Å². The van der Waals surface area contributed by atoms with Crippen LogP contribution in [0.3, 0.4) is 0 Å². The zero-order valence-electron chi connectivity index (χ0n) is 16.7. The highest BCUT2D eigenvalue weighted by molar-refractivity contribution is 7.89. The number of fused-ring (bicyclic) bond motifs is 1. The molecule has 2 N–H and O–H groups in total. The second kappa shape index (κ2) is 8.96. The first kappa shape index (κ1) is 21.2. The molecule has 0 bridgehead atoms. The molecule has 0 unspecified atom stereocenters. The highest BCUT2D eigenvalue weighted by atomic mass is 32.2. The molecule has 9 nitrogen and oxygen atoms in total. The van der Waals surface area contributed by atoms with Gasteiger partial charge in [-0.05, 0) is 29.8 Å². The van der Waals surface area contributed by atoms with Gasteiger partial charge in [0.25, 0.3) is 5.91 Å². The van der Waals surface area contributed by atoms with E-state index in [0.29, 0.717) is 50.9 Å². The second-order valence-electron chi connectivity index (χ2n) is 7.06. The van der Waals surface area contributed by atoms with E-state index in [1.807, 2.05) is 24.3 Å². The number of para-hydroxylation sites is 1. The Morgan fingerprint density at radius 2 is 1.71 bits per heavy atom. The molecule has 2 aliphatic heterocycles. The molecular weight excluding hydrogens is 422 g/mol. The lowest BCUT2D eigenvalue weighted by Crippen LogP contribution is -2.48. The van der Waals surface area contributed by atoms with Gasteiger partial charge in [-0.2, -0.15) is 4.31 Å². The summed E-state index contributed by atoms with van der Waals surface area (Å²) >= 11 is 0. The lowest BCUT2D eigenvalue weighted by molar-refractivity contribution is -0.124. The maximum Gasteiger partial charge on any atom is 0.267 e. The standard InChI is InChI=1S/C21H23N3O6S/c25-21(22-26)8-5-16-3-1-2-4-18(16)23-9-11-24(12-10-23)31(27,28)17-6-7-19-20(15-17)30-14-13-29-19/h1-8,15,26H,9-14H2,(H,22,25)/b8-5+. The maximum absolute atomic E-state index is 13.1. The molecule has 4 rings (SSSR count). The summed E-state index contributed by atoms with van der Waals surface area (Å²) in [6.07, 6.45) is 2.85. The molecular formula is C21H23N3O6S. The topological polar surface area (TPSA) is 108 Å². The molecule has 2 aliphatic rings. The molecule has 0 atom stereocenters. The van der Waals surface area contributed by atoms with E-state index in [4.69, 9.17) is 14.7 Å². The van der Waals surface area contributed by atoms with Crippen molar-refractivity contribution in [2.75, 3.05) is 44.3 Å². The van der Waals surface area contributed by atoms with Gasteiger partial charge in [0, 0.05) is 44.0 Å². The van der Waals surface area contributed by atoms with E-state index in [9.17, 15) is 13.2 Å². The first-order valence-electron chi connectivity index (χ1n) is 9.85. The number of carbonyl (C=O) groups excluding carboxylic acids is 1. The van der Waals surface area contributed by atoms with Gasteiger partial charge in [0.2, 0.25) is 10.0 Å². The number of nitrogens with zero attached hydrogens (tertiary/aromatic N) is 2. The van der Waals surface area contributed by atoms with Gasteiger partial charge in [-0.25, -0.2) is 13.9 Å². The van der Waals surface area contributed by atoms with Gasteiger partial charge in [-0.1, -0.05) is 18.2 Å². The van der Waals surface area contributed by atoms with Gasteiger partial charge in [-0.3, -0.25) is 10.0 Å². The van der Waals surface area contributed by atoms with Crippen molar-refractivity contribution in [3.63, 3.8) is 0 Å². The Bertz CT molecular complexity index is 1090. The zero-order valence-corrected chi connectivity index (χ0v) is 17.5. The predicted molar refractivity (Wildman–Crippen MR) is 114 cm³/mol. The summed E-state index contributed by atoms with van der Waals surface area (Å²) in [5.41, 5.74) is 3.25. The predicted octanol–water partition coefficient (Wildman–Crippen LogP) is 1.49. The number of anilines is 1. The van der Waals surface area contributed by atoms with E-state index in [1.165, 1.54) is 16.4 Å². The molecule has 1 saturated heterocycles. The van der Waals surface area contributed by atoms with Crippen LogP contribution in [0.4, 0.5) is 5.69 Å². The van der Waals surface area contributed by atoms with Crippen molar-refractivity contribution >= 4 is 27.7 Å². The third-order valence-electron chi connectivity index (χ3n) is 5.19. The lowest BCUT2D eigenvalue weighted by atomic mass is 10.1. The van der Waals surface area contributed by atoms with Gasteiger partial charge in [0.05, 0.1) is 4.90 Å². The summed E-state index contributed by atoms with van der Waals surface area (Å²) in [5.74, 6) is 0.373. The van der Waals surface area contributed by atoms with Crippen LogP contribution in [0.5, 0.6) is 11.5 Å². The fourth-order valence-corrected chi connectivity index (χ4v) is 5.06. The fraction of sp³-hybridized carbons (Fsp3) is 0.286. The van der Waals surface area contributed by atoms with Crippen molar-refractivity contribution < 1.29 is 27.9 Å². The van der Waals surface area contributed by atoms with E-state index >= 15 is 0 Å². The van der Waals surface area contributed by atoms with Gasteiger partial charge in [-0.15, -0.1) is 0 Å². The molecule has 0 spiro atoms. The molecule has 0 radical (unpaired) electrons. The number of hydrogen-bond donors (Lipinski definition) is 2. The summed E-state index contributed by atoms with van der Waals surface area (Å²) < 4.78 is 38.7. The average Bonchev–Trinajstić information content (AvgIpc) is 2.82. The Balaban J connectivity index is 1.48. The van der Waals surface area contributed by atoms with Crippen LogP contribution in [-0.2, 0) is 14.8 Å². The summed E-state index contributed by atoms with van der Waals surface area (Å²) in [7, 11) is -3.66. The molecule has 0 aromatic heterocycles. The van der Waals surface area contributed by atoms with Crippen LogP contribution in [0.2, 0.25) is 0 Å². The summed E-state index contributed by atoms with van der Waals surface area (Å²) in [4.78, 5) is 13.6. The maximum atomic E-state index is 13.1. The van der Waals surface area contributed by atoms with Crippen LogP contribution in [0, 0.1) is 0 Å². The summed E-state index contributed by atoms with van der Waals surface area (Å²) in [6, 6.07) is 12.2. The number of amides is 1. The number of hydrogen-bond acceptors (Lipinski definition) is 7. The number of piperazine rings is 1. The number of sulfonamides is 1. The molecule has 0 aliphatic carbocycles. The summed E-state index contributed by atoms with van der Waals surface area (Å²) in [5, 5.41) is 8.66. The molecule has 2 aromatic rings. The molecule has 1 amide bonds. The van der Waals surface area contributed by atoms with Crippen LogP contribution in [0.15, 0.2) is 53.4 Å². The molecule has 0 saturated carbocycles. The number of nitrogens with one attached hydrogen (secondary N) is 1. The van der Waals surface area contributed by atoms with Gasteiger partial charge >= 0.3 is 0 Å². The van der Waals surface area contributed by atoms with Crippen molar-refractivity contribution in [1.82, 2.24) is 9.79 Å². The number of ether oxygens (including phenoxy) is 2. The van der Waals surface area contributed by atoms with Crippen LogP contribution in [-0.4, -0.2) is 63.2 Å². The van der Waals surface area contributed by atoms with E-state index < -0.39 is 15.9 Å². The van der Waals surface area contributed by atoms with Gasteiger partial charge in [0.1, 0.15) is 13.2 Å². The largest absolute Gasteiger partial charge is 0.486 e. The normalized spacial score (nSPS) is 17.0. The number of hydroxylamine groups is 1. The second-order valence-corrected chi connectivity index (χ2v) is 9.00.